The Morgan fingerprint density at radius 1 is 1.30 bits per heavy atom. The van der Waals surface area contributed by atoms with Crippen LogP contribution >= 0.6 is 35.3 Å². The van der Waals surface area contributed by atoms with E-state index in [-0.39, 0.29) is 22.5 Å². The number of ether oxygens (including phenoxy) is 1. The molecule has 1 atom stereocenters. The molecular formula is C18H17N5O4S3. The maximum Gasteiger partial charge on any atom is 0.273 e. The number of nitrogens with one attached hydrogen (secondary N) is 3. The molecule has 2 aromatic carbocycles. The Morgan fingerprint density at radius 2 is 2.07 bits per heavy atom. The molecule has 30 heavy (non-hydrogen) atoms. The maximum atomic E-state index is 12.4. The van der Waals surface area contributed by atoms with E-state index in [1.54, 1.807) is 6.92 Å². The largest absolute Gasteiger partial charge is 0.494 e. The van der Waals surface area contributed by atoms with Crippen molar-refractivity contribution in [3.8, 4) is 5.75 Å². The number of nitro groups is 1. The highest BCUT2D eigenvalue weighted by molar-refractivity contribution is 8.02. The van der Waals surface area contributed by atoms with E-state index in [4.69, 9.17) is 17.0 Å². The van der Waals surface area contributed by atoms with Gasteiger partial charge in [-0.05, 0) is 37.3 Å². The first kappa shape index (κ1) is 21.7. The van der Waals surface area contributed by atoms with Gasteiger partial charge in [-0.3, -0.25) is 25.8 Å². The fraction of sp³-hybridized carbons (Fsp3) is 0.167. The average Bonchev–Trinajstić information content (AvgIpc) is 3.14. The summed E-state index contributed by atoms with van der Waals surface area (Å²) in [6.45, 7) is 1.77. The van der Waals surface area contributed by atoms with Gasteiger partial charge in [-0.25, -0.2) is 4.98 Å². The number of thiocarbonyl (C=S) groups is 1. The number of thiazole rings is 1. The second-order valence-electron chi connectivity index (χ2n) is 5.92. The molecule has 12 heteroatoms. The maximum absolute atomic E-state index is 12.4. The number of hydrogen-bond acceptors (Lipinski definition) is 8. The van der Waals surface area contributed by atoms with E-state index >= 15 is 0 Å². The molecular weight excluding hydrogens is 446 g/mol. The number of thioether (sulfide) groups is 1. The molecule has 0 saturated carbocycles. The van der Waals surface area contributed by atoms with Gasteiger partial charge in [0, 0.05) is 6.07 Å². The molecule has 1 amide bonds. The van der Waals surface area contributed by atoms with Gasteiger partial charge in [-0.15, -0.1) is 11.3 Å². The predicted molar refractivity (Wildman–Crippen MR) is 122 cm³/mol. The molecule has 0 bridgehead atoms. The highest BCUT2D eigenvalue weighted by Crippen LogP contribution is 2.32. The molecule has 0 aliphatic carbocycles. The Hall–Kier alpha value is -2.96. The number of para-hydroxylation sites is 1. The highest BCUT2D eigenvalue weighted by atomic mass is 32.2. The summed E-state index contributed by atoms with van der Waals surface area (Å²) >= 11 is 8.04. The van der Waals surface area contributed by atoms with Crippen LogP contribution in [-0.4, -0.2) is 33.3 Å². The molecule has 1 heterocycles. The van der Waals surface area contributed by atoms with Crippen molar-refractivity contribution in [2.24, 2.45) is 0 Å². The van der Waals surface area contributed by atoms with Crippen LogP contribution in [0.15, 0.2) is 46.8 Å². The Labute approximate surface area is 185 Å². The zero-order valence-electron chi connectivity index (χ0n) is 15.9. The quantitative estimate of drug-likeness (QED) is 0.217. The van der Waals surface area contributed by atoms with Crippen molar-refractivity contribution >= 4 is 67.9 Å². The zero-order valence-corrected chi connectivity index (χ0v) is 18.3. The standard InChI is InChI=1S/C18H17N5O4S3/c1-10(29-18-20-13-5-3-4-6-15(13)30-18)16(24)21-22-17(28)19-12-8-7-11(23(25)26)9-14(12)27-2/h3-10H,1-2H3,(H,21,24)(H2,19,22,28)/t10-/m1/s1. The summed E-state index contributed by atoms with van der Waals surface area (Å²) in [7, 11) is 1.39. The Morgan fingerprint density at radius 3 is 2.77 bits per heavy atom. The SMILES string of the molecule is COc1cc([N+](=O)[O-])ccc1NC(=S)NNC(=O)[C@@H](C)Sc1nc2ccccc2s1. The number of hydrazine groups is 1. The van der Waals surface area contributed by atoms with Crippen molar-refractivity contribution < 1.29 is 14.5 Å². The van der Waals surface area contributed by atoms with Crippen molar-refractivity contribution in [1.29, 1.82) is 0 Å². The normalized spacial score (nSPS) is 11.5. The third kappa shape index (κ3) is 5.34. The van der Waals surface area contributed by atoms with Crippen LogP contribution in [0.25, 0.3) is 10.2 Å². The molecule has 0 unspecified atom stereocenters. The van der Waals surface area contributed by atoms with Gasteiger partial charge >= 0.3 is 0 Å². The molecule has 0 saturated heterocycles. The molecule has 0 fully saturated rings. The third-order valence-corrected chi connectivity index (χ3v) is 6.30. The molecule has 156 valence electrons. The Kier molecular flexibility index (Phi) is 7.03. The number of rotatable bonds is 6. The van der Waals surface area contributed by atoms with E-state index in [1.165, 1.54) is 48.4 Å². The highest BCUT2D eigenvalue weighted by Gasteiger charge is 2.17. The number of carbonyl (C=O) groups is 1. The van der Waals surface area contributed by atoms with E-state index in [1.807, 2.05) is 24.3 Å². The summed E-state index contributed by atoms with van der Waals surface area (Å²) in [4.78, 5) is 27.2. The van der Waals surface area contributed by atoms with Crippen LogP contribution in [0.5, 0.6) is 5.75 Å². The lowest BCUT2D eigenvalue weighted by Gasteiger charge is -2.15. The molecule has 0 aliphatic rings. The van der Waals surface area contributed by atoms with E-state index in [0.29, 0.717) is 5.69 Å². The summed E-state index contributed by atoms with van der Waals surface area (Å²) in [6.07, 6.45) is 0. The summed E-state index contributed by atoms with van der Waals surface area (Å²) < 4.78 is 7.01. The molecule has 0 radical (unpaired) electrons. The van der Waals surface area contributed by atoms with Crippen LogP contribution < -0.4 is 20.9 Å². The number of nitrogens with zero attached hydrogens (tertiary/aromatic N) is 2. The van der Waals surface area contributed by atoms with Gasteiger partial charge in [0.2, 0.25) is 0 Å². The van der Waals surface area contributed by atoms with Crippen LogP contribution in [0.2, 0.25) is 0 Å². The van der Waals surface area contributed by atoms with E-state index in [9.17, 15) is 14.9 Å². The molecule has 3 rings (SSSR count). The van der Waals surface area contributed by atoms with E-state index in [0.717, 1.165) is 14.6 Å². The van der Waals surface area contributed by atoms with Crippen molar-refractivity contribution in [2.45, 2.75) is 16.5 Å². The Balaban J connectivity index is 1.53. The van der Waals surface area contributed by atoms with Crippen molar-refractivity contribution in [1.82, 2.24) is 15.8 Å². The first-order valence-corrected chi connectivity index (χ1v) is 10.7. The first-order chi connectivity index (χ1) is 14.4. The average molecular weight is 464 g/mol. The van der Waals surface area contributed by atoms with Crippen molar-refractivity contribution in [3.63, 3.8) is 0 Å². The third-order valence-electron chi connectivity index (χ3n) is 3.86. The van der Waals surface area contributed by atoms with E-state index < -0.39 is 10.2 Å². The monoisotopic (exact) mass is 463 g/mol. The van der Waals surface area contributed by atoms with Gasteiger partial charge in [-0.2, -0.15) is 0 Å². The van der Waals surface area contributed by atoms with Crippen molar-refractivity contribution in [2.75, 3.05) is 12.4 Å². The molecule has 1 aromatic heterocycles. The lowest BCUT2D eigenvalue weighted by atomic mass is 10.2. The Bertz CT molecular complexity index is 1070. The molecule has 3 aromatic rings. The second-order valence-corrected chi connectivity index (χ2v) is 8.94. The van der Waals surface area contributed by atoms with Crippen LogP contribution in [0.1, 0.15) is 6.92 Å². The van der Waals surface area contributed by atoms with Crippen molar-refractivity contribution in [3.05, 3.63) is 52.6 Å². The second kappa shape index (κ2) is 9.69. The number of carbonyl (C=O) groups excluding carboxylic acids is 1. The van der Waals surface area contributed by atoms with Gasteiger partial charge in [0.25, 0.3) is 11.6 Å². The fourth-order valence-corrected chi connectivity index (χ4v) is 4.75. The van der Waals surface area contributed by atoms with Gasteiger partial charge in [-0.1, -0.05) is 23.9 Å². The minimum absolute atomic E-state index is 0.104. The molecule has 9 nitrogen and oxygen atoms in total. The lowest BCUT2D eigenvalue weighted by Crippen LogP contribution is -2.46. The van der Waals surface area contributed by atoms with Gasteiger partial charge in [0.15, 0.2) is 9.45 Å². The molecule has 0 spiro atoms. The summed E-state index contributed by atoms with van der Waals surface area (Å²) in [6, 6.07) is 11.9. The number of aromatic nitrogens is 1. The fourth-order valence-electron chi connectivity index (χ4n) is 2.38. The number of benzene rings is 2. The zero-order chi connectivity index (χ0) is 21.7. The number of non-ortho nitro benzene ring substituents is 1. The van der Waals surface area contributed by atoms with Crippen LogP contribution in [0.4, 0.5) is 11.4 Å². The number of anilines is 1. The number of hydrogen-bond donors (Lipinski definition) is 3. The topological polar surface area (TPSA) is 118 Å². The summed E-state index contributed by atoms with van der Waals surface area (Å²) in [5.74, 6) is -0.0292. The predicted octanol–water partition coefficient (Wildman–Crippen LogP) is 3.71. The summed E-state index contributed by atoms with van der Waals surface area (Å²) in [5.41, 5.74) is 6.37. The molecule has 3 N–H and O–H groups in total. The van der Waals surface area contributed by atoms with Gasteiger partial charge in [0.1, 0.15) is 5.75 Å². The number of nitro benzene ring substituents is 1. The first-order valence-electron chi connectivity index (χ1n) is 8.59. The molecule has 0 aliphatic heterocycles. The van der Waals surface area contributed by atoms with Gasteiger partial charge < -0.3 is 10.1 Å². The van der Waals surface area contributed by atoms with Crippen LogP contribution in [-0.2, 0) is 4.79 Å². The minimum atomic E-state index is -0.520. The number of methoxy groups -OCH3 is 1. The van der Waals surface area contributed by atoms with Crippen LogP contribution in [0.3, 0.4) is 0 Å². The number of fused-ring (bicyclic) bond motifs is 1. The van der Waals surface area contributed by atoms with Crippen LogP contribution in [0, 0.1) is 10.1 Å². The minimum Gasteiger partial charge on any atom is -0.494 e. The van der Waals surface area contributed by atoms with Gasteiger partial charge in [0.05, 0.1) is 39.3 Å². The number of amides is 1. The lowest BCUT2D eigenvalue weighted by molar-refractivity contribution is -0.384. The smallest absolute Gasteiger partial charge is 0.273 e. The summed E-state index contributed by atoms with van der Waals surface area (Å²) in [5, 5.41) is 13.4. The van der Waals surface area contributed by atoms with E-state index in [2.05, 4.69) is 21.2 Å².